The van der Waals surface area contributed by atoms with Gasteiger partial charge in [-0.1, -0.05) is 57.1 Å². The number of fused-ring (bicyclic) bond motifs is 1. The van der Waals surface area contributed by atoms with Crippen molar-refractivity contribution in [3.8, 4) is 23.0 Å². The van der Waals surface area contributed by atoms with Crippen molar-refractivity contribution in [2.45, 2.75) is 26.5 Å². The second-order valence-corrected chi connectivity index (χ2v) is 12.1. The molecule has 0 N–H and O–H groups in total. The fraction of sp³-hybridized carbons (Fsp3) is 0.242. The second kappa shape index (κ2) is 14.4. The zero-order valence-corrected chi connectivity index (χ0v) is 28.1. The summed E-state index contributed by atoms with van der Waals surface area (Å²) in [5, 5.41) is 0.629. The summed E-state index contributed by atoms with van der Waals surface area (Å²) in [7, 11) is 2.84. The number of carbonyl (C=O) groups excluding carboxylic acids is 1. The van der Waals surface area contributed by atoms with Crippen LogP contribution in [-0.4, -0.2) is 38.0 Å². The molecule has 1 aromatic heterocycles. The van der Waals surface area contributed by atoms with E-state index in [0.29, 0.717) is 61.7 Å². The molecule has 45 heavy (non-hydrogen) atoms. The molecule has 0 radical (unpaired) electrons. The summed E-state index contributed by atoms with van der Waals surface area (Å²) in [6, 6.07) is 15.5. The maximum atomic E-state index is 14.2. The predicted molar refractivity (Wildman–Crippen MR) is 176 cm³/mol. The highest BCUT2D eigenvalue weighted by atomic mass is 79.9. The lowest BCUT2D eigenvalue weighted by Gasteiger charge is -2.23. The lowest BCUT2D eigenvalue weighted by molar-refractivity contribution is -0.136. The van der Waals surface area contributed by atoms with Crippen molar-refractivity contribution >= 4 is 50.9 Å². The zero-order chi connectivity index (χ0) is 32.1. The largest absolute Gasteiger partial charge is 0.493 e. The number of methoxy groups -OCH3 is 2. The van der Waals surface area contributed by atoms with Gasteiger partial charge in [0.25, 0.3) is 5.56 Å². The Morgan fingerprint density at radius 2 is 1.73 bits per heavy atom. The number of carbonyl (C=O) groups is 1. The number of hydrogen-bond acceptors (Lipinski definition) is 9. The predicted octanol–water partition coefficient (Wildman–Crippen LogP) is 5.82. The van der Waals surface area contributed by atoms with Crippen molar-refractivity contribution < 1.29 is 28.5 Å². The molecule has 1 aliphatic rings. The van der Waals surface area contributed by atoms with E-state index < -0.39 is 12.0 Å². The van der Waals surface area contributed by atoms with Crippen LogP contribution in [0.15, 0.2) is 80.6 Å². The summed E-state index contributed by atoms with van der Waals surface area (Å²) in [6.07, 6.45) is 3.18. The molecular weight excluding hydrogens is 684 g/mol. The average Bonchev–Trinajstić information content (AvgIpc) is 3.35. The average molecular weight is 714 g/mol. The highest BCUT2D eigenvalue weighted by Gasteiger charge is 2.31. The Bertz CT molecular complexity index is 1940. The first-order chi connectivity index (χ1) is 21.8. The standard InChI is InChI=1S/C33H30BrClN2O7S/c1-5-42-25-12-9-20(14-26(25)43-6-2)29-24(32(39)41-4)17-36-33-37(29)31(38)28(45-33)15-21-13-22(34)16-27(40-3)30(21)44-18-19-7-10-23(35)11-8-19/h7-17,29H,5-6,18H2,1-4H3/b28-15+/t29-/m0/s1. The van der Waals surface area contributed by atoms with E-state index in [2.05, 4.69) is 20.9 Å². The van der Waals surface area contributed by atoms with Gasteiger partial charge in [0.15, 0.2) is 27.8 Å². The third-order valence-electron chi connectivity index (χ3n) is 6.86. The molecule has 2 heterocycles. The van der Waals surface area contributed by atoms with E-state index in [4.69, 9.17) is 35.3 Å². The quantitative estimate of drug-likeness (QED) is 0.181. The first-order valence-corrected chi connectivity index (χ1v) is 16.0. The van der Waals surface area contributed by atoms with Gasteiger partial charge in [-0.2, -0.15) is 0 Å². The van der Waals surface area contributed by atoms with Gasteiger partial charge in [-0.15, -0.1) is 0 Å². The molecule has 0 saturated heterocycles. The number of nitrogens with zero attached hydrogens (tertiary/aromatic N) is 2. The molecule has 0 fully saturated rings. The van der Waals surface area contributed by atoms with Gasteiger partial charge < -0.3 is 23.7 Å². The number of aromatic nitrogens is 1. The monoisotopic (exact) mass is 712 g/mol. The zero-order valence-electron chi connectivity index (χ0n) is 25.0. The molecule has 4 aromatic rings. The van der Waals surface area contributed by atoms with E-state index >= 15 is 0 Å². The number of benzene rings is 3. The van der Waals surface area contributed by atoms with E-state index in [1.807, 2.05) is 32.0 Å². The van der Waals surface area contributed by atoms with Crippen LogP contribution in [0.3, 0.4) is 0 Å². The van der Waals surface area contributed by atoms with Crippen molar-refractivity contribution in [2.24, 2.45) is 4.99 Å². The Morgan fingerprint density at radius 3 is 2.42 bits per heavy atom. The molecule has 9 nitrogen and oxygen atoms in total. The van der Waals surface area contributed by atoms with Crippen LogP contribution in [0.25, 0.3) is 6.08 Å². The number of esters is 1. The minimum Gasteiger partial charge on any atom is -0.493 e. The van der Waals surface area contributed by atoms with Crippen molar-refractivity contribution in [3.63, 3.8) is 0 Å². The summed E-state index contributed by atoms with van der Waals surface area (Å²) >= 11 is 10.8. The molecule has 3 aromatic carbocycles. The molecular formula is C33H30BrClN2O7S. The topological polar surface area (TPSA) is 97.6 Å². The molecule has 5 rings (SSSR count). The molecule has 0 saturated carbocycles. The minimum atomic E-state index is -0.816. The van der Waals surface area contributed by atoms with Crippen molar-refractivity contribution in [2.75, 3.05) is 27.4 Å². The highest BCUT2D eigenvalue weighted by molar-refractivity contribution is 9.10. The fourth-order valence-corrected chi connectivity index (χ4v) is 6.41. The molecule has 0 aliphatic carbocycles. The van der Waals surface area contributed by atoms with Crippen LogP contribution in [0.2, 0.25) is 5.02 Å². The first kappa shape index (κ1) is 32.3. The van der Waals surface area contributed by atoms with Crippen LogP contribution in [0.5, 0.6) is 23.0 Å². The molecule has 0 spiro atoms. The maximum Gasteiger partial charge on any atom is 0.337 e. The molecule has 1 aliphatic heterocycles. The SMILES string of the molecule is CCOc1ccc([C@H]2C(C(=O)OC)=CN=c3s/c(=C/c4cc(Br)cc(OC)c4OCc4ccc(Cl)cc4)c(=O)n32)cc1OCC. The van der Waals surface area contributed by atoms with E-state index in [1.54, 1.807) is 49.6 Å². The Hall–Kier alpha value is -4.06. The van der Waals surface area contributed by atoms with Gasteiger partial charge in [0.05, 0.1) is 43.6 Å². The van der Waals surface area contributed by atoms with Crippen LogP contribution in [0, 0.1) is 0 Å². The number of hydrogen-bond donors (Lipinski definition) is 0. The molecule has 0 bridgehead atoms. The number of thiazole rings is 1. The Morgan fingerprint density at radius 1 is 1.00 bits per heavy atom. The van der Waals surface area contributed by atoms with Crippen LogP contribution in [0.1, 0.15) is 36.6 Å². The van der Waals surface area contributed by atoms with Gasteiger partial charge in [-0.3, -0.25) is 9.36 Å². The number of halogens is 2. The molecule has 234 valence electrons. The second-order valence-electron chi connectivity index (χ2n) is 9.69. The Kier molecular flexibility index (Phi) is 10.3. The minimum absolute atomic E-state index is 0.208. The van der Waals surface area contributed by atoms with E-state index in [9.17, 15) is 9.59 Å². The van der Waals surface area contributed by atoms with Crippen molar-refractivity contribution in [1.82, 2.24) is 4.57 Å². The van der Waals surface area contributed by atoms with Gasteiger partial charge in [0.2, 0.25) is 0 Å². The molecule has 12 heteroatoms. The summed E-state index contributed by atoms with van der Waals surface area (Å²) in [4.78, 5) is 32.0. The Balaban J connectivity index is 1.64. The fourth-order valence-electron chi connectivity index (χ4n) is 4.87. The lowest BCUT2D eigenvalue weighted by Crippen LogP contribution is -2.39. The van der Waals surface area contributed by atoms with Gasteiger partial charge in [-0.05, 0) is 67.4 Å². The number of rotatable bonds is 11. The van der Waals surface area contributed by atoms with E-state index in [1.165, 1.54) is 29.2 Å². The Labute approximate surface area is 277 Å². The first-order valence-electron chi connectivity index (χ1n) is 14.0. The van der Waals surface area contributed by atoms with Crippen molar-refractivity contribution in [3.05, 3.63) is 112 Å². The molecule has 1 atom stereocenters. The summed E-state index contributed by atoms with van der Waals surface area (Å²) in [5.74, 6) is 1.42. The molecule has 0 amide bonds. The highest BCUT2D eigenvalue weighted by Crippen LogP contribution is 2.37. The van der Waals surface area contributed by atoms with E-state index in [0.717, 1.165) is 10.0 Å². The van der Waals surface area contributed by atoms with Gasteiger partial charge in [-0.25, -0.2) is 9.79 Å². The summed E-state index contributed by atoms with van der Waals surface area (Å²) in [6.45, 7) is 4.86. The third kappa shape index (κ3) is 6.95. The molecule has 0 unspecified atom stereocenters. The number of ether oxygens (including phenoxy) is 5. The smallest absolute Gasteiger partial charge is 0.337 e. The van der Waals surface area contributed by atoms with Gasteiger partial charge in [0.1, 0.15) is 6.61 Å². The van der Waals surface area contributed by atoms with Crippen molar-refractivity contribution in [1.29, 1.82) is 0 Å². The lowest BCUT2D eigenvalue weighted by atomic mass is 9.97. The van der Waals surface area contributed by atoms with E-state index in [-0.39, 0.29) is 17.7 Å². The van der Waals surface area contributed by atoms with Crippen LogP contribution >= 0.6 is 38.9 Å². The van der Waals surface area contributed by atoms with Crippen LogP contribution in [-0.2, 0) is 16.1 Å². The maximum absolute atomic E-state index is 14.2. The normalized spacial score (nSPS) is 14.2. The summed E-state index contributed by atoms with van der Waals surface area (Å²) < 4.78 is 31.1. The van der Waals surface area contributed by atoms with Gasteiger partial charge in [0, 0.05) is 21.3 Å². The van der Waals surface area contributed by atoms with Crippen LogP contribution in [0.4, 0.5) is 0 Å². The van der Waals surface area contributed by atoms with Gasteiger partial charge >= 0.3 is 5.97 Å². The third-order valence-corrected chi connectivity index (χ3v) is 8.57. The summed E-state index contributed by atoms with van der Waals surface area (Å²) in [5.41, 5.74) is 2.03. The van der Waals surface area contributed by atoms with Crippen LogP contribution < -0.4 is 33.8 Å².